The Morgan fingerprint density at radius 1 is 1.12 bits per heavy atom. The quantitative estimate of drug-likeness (QED) is 0.479. The smallest absolute Gasteiger partial charge is 0.337 e. The third-order valence-electron chi connectivity index (χ3n) is 5.91. The molecule has 0 fully saturated rings. The van der Waals surface area contributed by atoms with Crippen LogP contribution in [0.15, 0.2) is 75.5 Å². The van der Waals surface area contributed by atoms with Crippen molar-refractivity contribution < 1.29 is 14.3 Å². The minimum absolute atomic E-state index is 0.0472. The lowest BCUT2D eigenvalue weighted by molar-refractivity contribution is -0.143. The van der Waals surface area contributed by atoms with Crippen molar-refractivity contribution in [1.82, 2.24) is 5.32 Å². The maximum atomic E-state index is 13.5. The zero-order chi connectivity index (χ0) is 23.0. The highest BCUT2D eigenvalue weighted by Gasteiger charge is 2.41. The molecule has 2 aromatic rings. The average molecular weight is 515 g/mol. The van der Waals surface area contributed by atoms with E-state index in [0.717, 1.165) is 27.0 Å². The molecule has 0 unspecified atom stereocenters. The molecule has 1 aliphatic heterocycles. The molecule has 0 spiro atoms. The number of hydrogen-bond acceptors (Lipinski definition) is 4. The summed E-state index contributed by atoms with van der Waals surface area (Å²) in [5.41, 5.74) is 4.74. The molecule has 0 saturated heterocycles. The largest absolute Gasteiger partial charge is 0.460 e. The second-order valence-corrected chi connectivity index (χ2v) is 9.93. The number of carbonyl (C=O) groups excluding carboxylic acids is 2. The Morgan fingerprint density at radius 2 is 1.84 bits per heavy atom. The highest BCUT2D eigenvalue weighted by atomic mass is 79.9. The standard InChI is InChI=1S/C26H25BrClNO3/c1-14(2)32-26(31)23-15(3)29-21-12-18(16-7-9-20(28)10-8-16)13-22(30)25(21)24(23)17-5-4-6-19(27)11-17/h4-11,14,18,24,29H,12-13H2,1-3H3/t18-,24-/m1/s1. The van der Waals surface area contributed by atoms with E-state index in [9.17, 15) is 9.59 Å². The van der Waals surface area contributed by atoms with Crippen LogP contribution in [0.4, 0.5) is 0 Å². The highest BCUT2D eigenvalue weighted by Crippen LogP contribution is 2.46. The minimum Gasteiger partial charge on any atom is -0.460 e. The number of dihydropyridines is 1. The molecule has 0 amide bonds. The molecule has 4 rings (SSSR count). The summed E-state index contributed by atoms with van der Waals surface area (Å²) in [7, 11) is 0. The summed E-state index contributed by atoms with van der Waals surface area (Å²) in [6, 6.07) is 15.5. The minimum atomic E-state index is -0.464. The van der Waals surface area contributed by atoms with E-state index in [1.165, 1.54) is 0 Å². The lowest BCUT2D eigenvalue weighted by Crippen LogP contribution is -2.36. The van der Waals surface area contributed by atoms with Gasteiger partial charge in [-0.2, -0.15) is 0 Å². The second-order valence-electron chi connectivity index (χ2n) is 8.58. The van der Waals surface area contributed by atoms with Gasteiger partial charge in [0, 0.05) is 38.8 Å². The molecule has 0 saturated carbocycles. The van der Waals surface area contributed by atoms with Crippen LogP contribution in [0.3, 0.4) is 0 Å². The van der Waals surface area contributed by atoms with E-state index in [2.05, 4.69) is 21.2 Å². The van der Waals surface area contributed by atoms with Crippen molar-refractivity contribution in [3.63, 3.8) is 0 Å². The van der Waals surface area contributed by atoms with Gasteiger partial charge in [-0.25, -0.2) is 4.79 Å². The van der Waals surface area contributed by atoms with Crippen molar-refractivity contribution in [2.75, 3.05) is 0 Å². The molecule has 0 bridgehead atoms. The van der Waals surface area contributed by atoms with Crippen molar-refractivity contribution in [2.24, 2.45) is 0 Å². The van der Waals surface area contributed by atoms with Gasteiger partial charge < -0.3 is 10.1 Å². The Balaban J connectivity index is 1.79. The Morgan fingerprint density at radius 3 is 2.50 bits per heavy atom. The fourth-order valence-corrected chi connectivity index (χ4v) is 5.12. The first-order chi connectivity index (χ1) is 15.2. The van der Waals surface area contributed by atoms with Crippen LogP contribution in [-0.2, 0) is 14.3 Å². The molecule has 6 heteroatoms. The van der Waals surface area contributed by atoms with Gasteiger partial charge in [-0.1, -0.05) is 51.8 Å². The van der Waals surface area contributed by atoms with E-state index >= 15 is 0 Å². The van der Waals surface area contributed by atoms with Gasteiger partial charge in [-0.3, -0.25) is 4.79 Å². The fourth-order valence-electron chi connectivity index (χ4n) is 4.58. The summed E-state index contributed by atoms with van der Waals surface area (Å²) >= 11 is 9.58. The first-order valence-corrected chi connectivity index (χ1v) is 11.9. The van der Waals surface area contributed by atoms with Crippen LogP contribution in [0, 0.1) is 0 Å². The molecule has 2 aromatic carbocycles. The average Bonchev–Trinajstić information content (AvgIpc) is 2.72. The van der Waals surface area contributed by atoms with E-state index in [1.807, 2.05) is 69.3 Å². The van der Waals surface area contributed by atoms with Crippen LogP contribution >= 0.6 is 27.5 Å². The maximum absolute atomic E-state index is 13.5. The molecule has 0 aromatic heterocycles. The van der Waals surface area contributed by atoms with E-state index in [-0.39, 0.29) is 17.8 Å². The van der Waals surface area contributed by atoms with Gasteiger partial charge in [0.1, 0.15) is 0 Å². The Kier molecular flexibility index (Phi) is 6.59. The molecule has 1 heterocycles. The lowest BCUT2D eigenvalue weighted by atomic mass is 9.72. The van der Waals surface area contributed by atoms with Crippen LogP contribution in [-0.4, -0.2) is 17.9 Å². The van der Waals surface area contributed by atoms with Crippen molar-refractivity contribution in [3.05, 3.63) is 91.7 Å². The predicted molar refractivity (Wildman–Crippen MR) is 129 cm³/mol. The normalized spacial score (nSPS) is 20.9. The van der Waals surface area contributed by atoms with Gasteiger partial charge in [-0.15, -0.1) is 0 Å². The molecule has 2 aliphatic rings. The van der Waals surface area contributed by atoms with Crippen LogP contribution < -0.4 is 5.32 Å². The Labute approximate surface area is 201 Å². The number of halogens is 2. The molecular formula is C26H25BrClNO3. The number of carbonyl (C=O) groups is 2. The van der Waals surface area contributed by atoms with Gasteiger partial charge in [-0.05, 0) is 68.5 Å². The van der Waals surface area contributed by atoms with Crippen molar-refractivity contribution in [2.45, 2.75) is 51.6 Å². The molecular weight excluding hydrogens is 490 g/mol. The molecule has 1 aliphatic carbocycles. The van der Waals surface area contributed by atoms with E-state index in [1.54, 1.807) is 0 Å². The second kappa shape index (κ2) is 9.24. The zero-order valence-corrected chi connectivity index (χ0v) is 20.6. The van der Waals surface area contributed by atoms with Crippen molar-refractivity contribution in [1.29, 1.82) is 0 Å². The van der Waals surface area contributed by atoms with Crippen LogP contribution in [0.5, 0.6) is 0 Å². The number of nitrogens with one attached hydrogen (secondary N) is 1. The Bertz CT molecular complexity index is 1130. The summed E-state index contributed by atoms with van der Waals surface area (Å²) in [5.74, 6) is -0.750. The summed E-state index contributed by atoms with van der Waals surface area (Å²) < 4.78 is 6.46. The summed E-state index contributed by atoms with van der Waals surface area (Å²) in [4.78, 5) is 26.6. The van der Waals surface area contributed by atoms with Gasteiger partial charge in [0.05, 0.1) is 11.7 Å². The predicted octanol–water partition coefficient (Wildman–Crippen LogP) is 6.42. The van der Waals surface area contributed by atoms with Gasteiger partial charge in [0.25, 0.3) is 0 Å². The number of ether oxygens (including phenoxy) is 1. The lowest BCUT2D eigenvalue weighted by Gasteiger charge is -2.37. The molecule has 1 N–H and O–H groups in total. The number of benzene rings is 2. The third-order valence-corrected chi connectivity index (χ3v) is 6.66. The van der Waals surface area contributed by atoms with Crippen molar-refractivity contribution in [3.8, 4) is 0 Å². The Hall–Kier alpha value is -2.37. The monoisotopic (exact) mass is 513 g/mol. The molecule has 32 heavy (non-hydrogen) atoms. The zero-order valence-electron chi connectivity index (χ0n) is 18.2. The molecule has 2 atom stereocenters. The van der Waals surface area contributed by atoms with E-state index in [4.69, 9.17) is 16.3 Å². The number of allylic oxidation sites excluding steroid dienone is 3. The molecule has 4 nitrogen and oxygen atoms in total. The van der Waals surface area contributed by atoms with E-state index < -0.39 is 11.9 Å². The maximum Gasteiger partial charge on any atom is 0.337 e. The summed E-state index contributed by atoms with van der Waals surface area (Å²) in [5, 5.41) is 4.05. The number of Topliss-reactive ketones (excluding diaryl/α,β-unsaturated/α-hetero) is 1. The first-order valence-electron chi connectivity index (χ1n) is 10.7. The van der Waals surface area contributed by atoms with Gasteiger partial charge in [0.15, 0.2) is 5.78 Å². The third kappa shape index (κ3) is 4.55. The van der Waals surface area contributed by atoms with Gasteiger partial charge >= 0.3 is 5.97 Å². The fraction of sp³-hybridized carbons (Fsp3) is 0.308. The van der Waals surface area contributed by atoms with Crippen LogP contribution in [0.25, 0.3) is 0 Å². The van der Waals surface area contributed by atoms with Crippen molar-refractivity contribution >= 4 is 39.3 Å². The van der Waals surface area contributed by atoms with Gasteiger partial charge in [0.2, 0.25) is 0 Å². The van der Waals surface area contributed by atoms with E-state index in [0.29, 0.717) is 29.0 Å². The number of hydrogen-bond donors (Lipinski definition) is 1. The summed E-state index contributed by atoms with van der Waals surface area (Å²) in [6.07, 6.45) is 0.826. The highest BCUT2D eigenvalue weighted by molar-refractivity contribution is 9.10. The number of rotatable bonds is 4. The summed E-state index contributed by atoms with van der Waals surface area (Å²) in [6.45, 7) is 5.53. The van der Waals surface area contributed by atoms with Crippen LogP contribution in [0.2, 0.25) is 5.02 Å². The first kappa shape index (κ1) is 22.8. The number of ketones is 1. The topological polar surface area (TPSA) is 55.4 Å². The molecule has 166 valence electrons. The number of esters is 1. The molecule has 0 radical (unpaired) electrons. The SMILES string of the molecule is CC1=C(C(=O)OC(C)C)[C@@H](c2cccc(Br)c2)C2=C(C[C@@H](c3ccc(Cl)cc3)CC2=O)N1. The van der Waals surface area contributed by atoms with Crippen LogP contribution in [0.1, 0.15) is 56.6 Å².